The first kappa shape index (κ1) is 12.7. The summed E-state index contributed by atoms with van der Waals surface area (Å²) >= 11 is 0. The lowest BCUT2D eigenvalue weighted by atomic mass is 10.1. The number of aryl methyl sites for hydroxylation is 1. The normalized spacial score (nSPS) is 12.1. The van der Waals surface area contributed by atoms with Crippen molar-refractivity contribution in [3.63, 3.8) is 0 Å². The Labute approximate surface area is 94.9 Å². The Balaban J connectivity index is 2.15. The summed E-state index contributed by atoms with van der Waals surface area (Å²) in [5.74, 6) is -0.736. The van der Waals surface area contributed by atoms with Crippen molar-refractivity contribution in [1.82, 2.24) is 5.48 Å². The van der Waals surface area contributed by atoms with E-state index >= 15 is 0 Å². The molecule has 4 heteroatoms. The van der Waals surface area contributed by atoms with Gasteiger partial charge in [0, 0.05) is 0 Å². The molecule has 0 aliphatic rings. The van der Waals surface area contributed by atoms with Gasteiger partial charge in [-0.15, -0.1) is 0 Å². The molecule has 0 saturated heterocycles. The van der Waals surface area contributed by atoms with E-state index in [1.165, 1.54) is 11.0 Å². The highest BCUT2D eigenvalue weighted by molar-refractivity contribution is 5.79. The minimum Gasteiger partial charge on any atom is -0.383 e. The first-order valence-corrected chi connectivity index (χ1v) is 5.40. The zero-order chi connectivity index (χ0) is 11.8. The molecule has 0 spiro atoms. The number of hydrogen-bond donors (Lipinski definition) is 3. The predicted molar refractivity (Wildman–Crippen MR) is 59.9 cm³/mol. The van der Waals surface area contributed by atoms with Gasteiger partial charge < -0.3 is 5.11 Å². The molecule has 0 aliphatic carbocycles. The highest BCUT2D eigenvalue weighted by Gasteiger charge is 2.12. The van der Waals surface area contributed by atoms with Crippen molar-refractivity contribution in [2.45, 2.75) is 31.8 Å². The quantitative estimate of drug-likeness (QED) is 0.386. The van der Waals surface area contributed by atoms with Crippen molar-refractivity contribution in [1.29, 1.82) is 0 Å². The number of rotatable bonds is 6. The Morgan fingerprint density at radius 2 is 1.94 bits per heavy atom. The van der Waals surface area contributed by atoms with Crippen LogP contribution in [0.4, 0.5) is 0 Å². The number of benzene rings is 1. The maximum atomic E-state index is 10.8. The monoisotopic (exact) mass is 223 g/mol. The number of amides is 1. The van der Waals surface area contributed by atoms with Crippen molar-refractivity contribution in [2.24, 2.45) is 0 Å². The molecule has 1 rings (SSSR count). The lowest BCUT2D eigenvalue weighted by Crippen LogP contribution is -2.31. The molecule has 0 aromatic heterocycles. The van der Waals surface area contributed by atoms with Crippen LogP contribution in [0.1, 0.15) is 24.8 Å². The van der Waals surface area contributed by atoms with Crippen molar-refractivity contribution >= 4 is 5.91 Å². The molecule has 1 aromatic rings. The maximum absolute atomic E-state index is 10.8. The van der Waals surface area contributed by atoms with Crippen molar-refractivity contribution < 1.29 is 15.1 Å². The van der Waals surface area contributed by atoms with Crippen LogP contribution in [0.2, 0.25) is 0 Å². The Morgan fingerprint density at radius 3 is 2.56 bits per heavy atom. The summed E-state index contributed by atoms with van der Waals surface area (Å²) in [5, 5.41) is 17.5. The SMILES string of the molecule is O=C(NO)C(O)CCCCc1ccccc1. The largest absolute Gasteiger partial charge is 0.383 e. The van der Waals surface area contributed by atoms with Crippen LogP contribution in [-0.2, 0) is 11.2 Å². The first-order valence-electron chi connectivity index (χ1n) is 5.40. The molecule has 1 unspecified atom stereocenters. The van der Waals surface area contributed by atoms with Gasteiger partial charge >= 0.3 is 0 Å². The molecule has 0 radical (unpaired) electrons. The van der Waals surface area contributed by atoms with Crippen LogP contribution in [0.5, 0.6) is 0 Å². The van der Waals surface area contributed by atoms with E-state index in [9.17, 15) is 9.90 Å². The fourth-order valence-corrected chi connectivity index (χ4v) is 1.52. The van der Waals surface area contributed by atoms with Crippen LogP contribution in [0.25, 0.3) is 0 Å². The second-order valence-corrected chi connectivity index (χ2v) is 3.72. The number of aliphatic hydroxyl groups excluding tert-OH is 1. The van der Waals surface area contributed by atoms with Gasteiger partial charge in [0.1, 0.15) is 6.10 Å². The van der Waals surface area contributed by atoms with Gasteiger partial charge in [-0.2, -0.15) is 0 Å². The molecule has 0 fully saturated rings. The average Bonchev–Trinajstić information content (AvgIpc) is 2.34. The number of hydrogen-bond acceptors (Lipinski definition) is 3. The second-order valence-electron chi connectivity index (χ2n) is 3.72. The standard InChI is InChI=1S/C12H17NO3/c14-11(12(15)13-16)9-5-4-8-10-6-2-1-3-7-10/h1-3,6-7,11,14,16H,4-5,8-9H2,(H,13,15). The third-order valence-corrected chi connectivity index (χ3v) is 2.45. The van der Waals surface area contributed by atoms with Crippen LogP contribution in [0.15, 0.2) is 30.3 Å². The number of unbranched alkanes of at least 4 members (excludes halogenated alkanes) is 1. The van der Waals surface area contributed by atoms with E-state index in [2.05, 4.69) is 12.1 Å². The van der Waals surface area contributed by atoms with E-state index in [0.29, 0.717) is 6.42 Å². The van der Waals surface area contributed by atoms with Crippen molar-refractivity contribution in [3.8, 4) is 0 Å². The van der Waals surface area contributed by atoms with Crippen LogP contribution in [0, 0.1) is 0 Å². The van der Waals surface area contributed by atoms with Crippen LogP contribution >= 0.6 is 0 Å². The Bertz CT molecular complexity index is 313. The molecule has 4 nitrogen and oxygen atoms in total. The molecular formula is C12H17NO3. The minimum atomic E-state index is -1.11. The van der Waals surface area contributed by atoms with Gasteiger partial charge in [0.05, 0.1) is 0 Å². The van der Waals surface area contributed by atoms with Crippen molar-refractivity contribution in [2.75, 3.05) is 0 Å². The molecule has 0 bridgehead atoms. The highest BCUT2D eigenvalue weighted by Crippen LogP contribution is 2.07. The lowest BCUT2D eigenvalue weighted by molar-refractivity contribution is -0.138. The third-order valence-electron chi connectivity index (χ3n) is 2.45. The van der Waals surface area contributed by atoms with Gasteiger partial charge in [-0.1, -0.05) is 36.8 Å². The summed E-state index contributed by atoms with van der Waals surface area (Å²) in [7, 11) is 0. The van der Waals surface area contributed by atoms with E-state index in [0.717, 1.165) is 19.3 Å². The van der Waals surface area contributed by atoms with E-state index in [-0.39, 0.29) is 0 Å². The van der Waals surface area contributed by atoms with Gasteiger partial charge in [0.25, 0.3) is 5.91 Å². The summed E-state index contributed by atoms with van der Waals surface area (Å²) < 4.78 is 0. The van der Waals surface area contributed by atoms with Gasteiger partial charge in [0.15, 0.2) is 0 Å². The molecule has 0 heterocycles. The summed E-state index contributed by atoms with van der Waals surface area (Å²) in [4.78, 5) is 10.8. The van der Waals surface area contributed by atoms with E-state index in [1.807, 2.05) is 18.2 Å². The third kappa shape index (κ3) is 4.42. The summed E-state index contributed by atoms with van der Waals surface area (Å²) in [5.41, 5.74) is 2.69. The molecule has 1 aromatic carbocycles. The van der Waals surface area contributed by atoms with E-state index in [1.54, 1.807) is 0 Å². The molecular weight excluding hydrogens is 206 g/mol. The number of carbonyl (C=O) groups excluding carboxylic acids is 1. The fraction of sp³-hybridized carbons (Fsp3) is 0.417. The maximum Gasteiger partial charge on any atom is 0.272 e. The topological polar surface area (TPSA) is 69.6 Å². The molecule has 88 valence electrons. The van der Waals surface area contributed by atoms with E-state index < -0.39 is 12.0 Å². The predicted octanol–water partition coefficient (Wildman–Crippen LogP) is 1.27. The second kappa shape index (κ2) is 6.98. The number of nitrogens with one attached hydrogen (secondary N) is 1. The first-order chi connectivity index (χ1) is 7.74. The van der Waals surface area contributed by atoms with Gasteiger partial charge in [-0.05, 0) is 24.8 Å². The Morgan fingerprint density at radius 1 is 1.25 bits per heavy atom. The molecule has 0 aliphatic heterocycles. The highest BCUT2D eigenvalue weighted by atomic mass is 16.5. The molecule has 3 N–H and O–H groups in total. The zero-order valence-electron chi connectivity index (χ0n) is 9.10. The van der Waals surface area contributed by atoms with Gasteiger partial charge in [0.2, 0.25) is 0 Å². The lowest BCUT2D eigenvalue weighted by Gasteiger charge is -2.07. The van der Waals surface area contributed by atoms with E-state index in [4.69, 9.17) is 5.21 Å². The smallest absolute Gasteiger partial charge is 0.272 e. The summed E-state index contributed by atoms with van der Waals surface area (Å²) in [6, 6.07) is 10.1. The number of hydroxylamine groups is 1. The van der Waals surface area contributed by atoms with Crippen LogP contribution in [-0.4, -0.2) is 22.3 Å². The van der Waals surface area contributed by atoms with Crippen LogP contribution in [0.3, 0.4) is 0 Å². The Hall–Kier alpha value is -1.39. The van der Waals surface area contributed by atoms with Crippen LogP contribution < -0.4 is 5.48 Å². The van der Waals surface area contributed by atoms with Gasteiger partial charge in [-0.25, -0.2) is 5.48 Å². The number of carbonyl (C=O) groups is 1. The minimum absolute atomic E-state index is 0.374. The summed E-state index contributed by atoms with van der Waals surface area (Å²) in [6.07, 6.45) is 1.87. The van der Waals surface area contributed by atoms with Crippen molar-refractivity contribution in [3.05, 3.63) is 35.9 Å². The average molecular weight is 223 g/mol. The molecule has 16 heavy (non-hydrogen) atoms. The molecule has 0 saturated carbocycles. The van der Waals surface area contributed by atoms with Gasteiger partial charge in [-0.3, -0.25) is 10.0 Å². The fourth-order valence-electron chi connectivity index (χ4n) is 1.52. The summed E-state index contributed by atoms with van der Waals surface area (Å²) in [6.45, 7) is 0. The zero-order valence-corrected chi connectivity index (χ0v) is 9.10. The molecule has 1 atom stereocenters. The Kier molecular flexibility index (Phi) is 5.53. The molecule has 1 amide bonds. The number of aliphatic hydroxyl groups is 1.